The van der Waals surface area contributed by atoms with Gasteiger partial charge in [0.15, 0.2) is 0 Å². The van der Waals surface area contributed by atoms with Crippen molar-refractivity contribution in [2.45, 2.75) is 65.7 Å². The summed E-state index contributed by atoms with van der Waals surface area (Å²) in [6.07, 6.45) is 9.63. The second-order valence-electron chi connectivity index (χ2n) is 4.66. The van der Waals surface area contributed by atoms with Crippen LogP contribution in [0.1, 0.15) is 65.7 Å². The third-order valence-electron chi connectivity index (χ3n) is 2.39. The molecule has 0 fully saturated rings. The molecule has 0 heterocycles. The van der Waals surface area contributed by atoms with Gasteiger partial charge in [-0.25, -0.2) is 0 Å². The van der Waals surface area contributed by atoms with E-state index in [4.69, 9.17) is 0 Å². The summed E-state index contributed by atoms with van der Waals surface area (Å²) in [6.45, 7) is 10.6. The first-order valence-corrected chi connectivity index (χ1v) is 5.77. The van der Waals surface area contributed by atoms with E-state index in [0.717, 1.165) is 5.92 Å². The summed E-state index contributed by atoms with van der Waals surface area (Å²) in [7, 11) is 0. The van der Waals surface area contributed by atoms with Gasteiger partial charge in [-0.1, -0.05) is 51.5 Å². The van der Waals surface area contributed by atoms with E-state index in [1.165, 1.54) is 50.5 Å². The highest BCUT2D eigenvalue weighted by Gasteiger charge is 1.94. The van der Waals surface area contributed by atoms with Crippen molar-refractivity contribution in [3.8, 4) is 0 Å². The Kier molecular flexibility index (Phi) is 8.18. The molecule has 0 saturated carbocycles. The highest BCUT2D eigenvalue weighted by molar-refractivity contribution is 4.86. The van der Waals surface area contributed by atoms with Crippen molar-refractivity contribution in [2.24, 2.45) is 5.92 Å². The van der Waals surface area contributed by atoms with E-state index in [9.17, 15) is 0 Å². The van der Waals surface area contributed by atoms with Crippen LogP contribution in [0.25, 0.3) is 0 Å². The highest BCUT2D eigenvalue weighted by atomic mass is 14.0. The molecule has 0 spiro atoms. The summed E-state index contributed by atoms with van der Waals surface area (Å²) >= 11 is 0. The molecule has 0 aromatic heterocycles. The van der Waals surface area contributed by atoms with Crippen LogP contribution in [-0.2, 0) is 0 Å². The van der Waals surface area contributed by atoms with Gasteiger partial charge in [-0.05, 0) is 25.7 Å². The molecule has 0 amide bonds. The third kappa shape index (κ3) is 11.7. The number of hydrogen-bond donors (Lipinski definition) is 0. The summed E-state index contributed by atoms with van der Waals surface area (Å²) in [5.74, 6) is 0.885. The van der Waals surface area contributed by atoms with Gasteiger partial charge in [0.1, 0.15) is 0 Å². The van der Waals surface area contributed by atoms with Crippen LogP contribution >= 0.6 is 0 Å². The summed E-state index contributed by atoms with van der Waals surface area (Å²) in [5.41, 5.74) is 1.34. The smallest absolute Gasteiger partial charge is 0.0326 e. The molecule has 13 heavy (non-hydrogen) atoms. The minimum absolute atomic E-state index is 0.885. The topological polar surface area (TPSA) is 0 Å². The molecule has 0 saturated heterocycles. The molecule has 0 rings (SSSR count). The van der Waals surface area contributed by atoms with Crippen molar-refractivity contribution >= 4 is 0 Å². The van der Waals surface area contributed by atoms with Crippen molar-refractivity contribution in [2.75, 3.05) is 0 Å². The van der Waals surface area contributed by atoms with E-state index >= 15 is 0 Å². The molecule has 78 valence electrons. The molecular formula is C13H26. The largest absolute Gasteiger partial charge is 0.100 e. The SMILES string of the molecule is C=C(C)CCCCCCCC(C)C. The Labute approximate surface area is 84.4 Å². The van der Waals surface area contributed by atoms with Crippen LogP contribution in [0, 0.1) is 5.92 Å². The average molecular weight is 182 g/mol. The van der Waals surface area contributed by atoms with E-state index in [-0.39, 0.29) is 0 Å². The standard InChI is InChI=1S/C13H26/c1-12(2)10-8-6-5-7-9-11-13(3)4/h13H,1,5-11H2,2-4H3. The van der Waals surface area contributed by atoms with Crippen LogP contribution in [-0.4, -0.2) is 0 Å². The Balaban J connectivity index is 2.96. The number of hydrogen-bond acceptors (Lipinski definition) is 0. The molecule has 0 bridgehead atoms. The molecule has 0 aliphatic heterocycles. The maximum Gasteiger partial charge on any atom is -0.0326 e. The van der Waals surface area contributed by atoms with Gasteiger partial charge in [0.2, 0.25) is 0 Å². The molecule has 0 radical (unpaired) electrons. The molecule has 0 unspecified atom stereocenters. The van der Waals surface area contributed by atoms with Crippen LogP contribution in [0.4, 0.5) is 0 Å². The lowest BCUT2D eigenvalue weighted by Crippen LogP contribution is -1.87. The summed E-state index contributed by atoms with van der Waals surface area (Å²) in [4.78, 5) is 0. The maximum absolute atomic E-state index is 3.91. The lowest BCUT2D eigenvalue weighted by Gasteiger charge is -2.04. The van der Waals surface area contributed by atoms with Crippen molar-refractivity contribution in [1.29, 1.82) is 0 Å². The molecule has 0 aromatic carbocycles. The van der Waals surface area contributed by atoms with Gasteiger partial charge in [-0.2, -0.15) is 0 Å². The van der Waals surface area contributed by atoms with Gasteiger partial charge in [0.25, 0.3) is 0 Å². The number of unbranched alkanes of at least 4 members (excludes halogenated alkanes) is 4. The van der Waals surface area contributed by atoms with E-state index < -0.39 is 0 Å². The van der Waals surface area contributed by atoms with Gasteiger partial charge in [-0.15, -0.1) is 6.58 Å². The van der Waals surface area contributed by atoms with Crippen molar-refractivity contribution in [1.82, 2.24) is 0 Å². The predicted octanol–water partition coefficient (Wildman–Crippen LogP) is 4.95. The Morgan fingerprint density at radius 2 is 1.54 bits per heavy atom. The van der Waals surface area contributed by atoms with E-state index in [0.29, 0.717) is 0 Å². The number of rotatable bonds is 8. The molecule has 0 N–H and O–H groups in total. The van der Waals surface area contributed by atoms with Crippen LogP contribution in [0.2, 0.25) is 0 Å². The third-order valence-corrected chi connectivity index (χ3v) is 2.39. The molecule has 0 atom stereocenters. The highest BCUT2D eigenvalue weighted by Crippen LogP contribution is 2.12. The Bertz CT molecular complexity index is 122. The fraction of sp³-hybridized carbons (Fsp3) is 0.846. The van der Waals surface area contributed by atoms with Gasteiger partial charge in [-0.3, -0.25) is 0 Å². The molecular weight excluding hydrogens is 156 g/mol. The minimum atomic E-state index is 0.885. The number of allylic oxidation sites excluding steroid dienone is 1. The normalized spacial score (nSPS) is 10.8. The van der Waals surface area contributed by atoms with Crippen LogP contribution in [0.3, 0.4) is 0 Å². The van der Waals surface area contributed by atoms with Gasteiger partial charge in [0.05, 0.1) is 0 Å². The quantitative estimate of drug-likeness (QED) is 0.368. The van der Waals surface area contributed by atoms with E-state index in [1.807, 2.05) is 0 Å². The Morgan fingerprint density at radius 3 is 2.08 bits per heavy atom. The molecule has 0 aliphatic carbocycles. The maximum atomic E-state index is 3.91. The van der Waals surface area contributed by atoms with Crippen LogP contribution in [0.5, 0.6) is 0 Å². The Hall–Kier alpha value is -0.260. The molecule has 0 aliphatic rings. The molecule has 0 heteroatoms. The van der Waals surface area contributed by atoms with Gasteiger partial charge >= 0.3 is 0 Å². The molecule has 0 aromatic rings. The summed E-state index contributed by atoms with van der Waals surface area (Å²) in [6, 6.07) is 0. The average Bonchev–Trinajstić information content (AvgIpc) is 2.01. The van der Waals surface area contributed by atoms with Gasteiger partial charge in [0, 0.05) is 0 Å². The second kappa shape index (κ2) is 8.34. The van der Waals surface area contributed by atoms with E-state index in [1.54, 1.807) is 0 Å². The summed E-state index contributed by atoms with van der Waals surface area (Å²) < 4.78 is 0. The fourth-order valence-electron chi connectivity index (χ4n) is 1.51. The minimum Gasteiger partial charge on any atom is -0.100 e. The van der Waals surface area contributed by atoms with Crippen LogP contribution < -0.4 is 0 Å². The van der Waals surface area contributed by atoms with Gasteiger partial charge < -0.3 is 0 Å². The van der Waals surface area contributed by atoms with Crippen molar-refractivity contribution in [3.05, 3.63) is 12.2 Å². The fourth-order valence-corrected chi connectivity index (χ4v) is 1.51. The monoisotopic (exact) mass is 182 g/mol. The first-order chi connectivity index (χ1) is 6.13. The van der Waals surface area contributed by atoms with Crippen LogP contribution in [0.15, 0.2) is 12.2 Å². The first-order valence-electron chi connectivity index (χ1n) is 5.77. The Morgan fingerprint density at radius 1 is 1.00 bits per heavy atom. The zero-order valence-corrected chi connectivity index (χ0v) is 9.73. The zero-order valence-electron chi connectivity index (χ0n) is 9.73. The van der Waals surface area contributed by atoms with E-state index in [2.05, 4.69) is 27.4 Å². The summed E-state index contributed by atoms with van der Waals surface area (Å²) in [5, 5.41) is 0. The predicted molar refractivity (Wildman–Crippen MR) is 62.0 cm³/mol. The molecule has 0 nitrogen and oxygen atoms in total. The zero-order chi connectivity index (χ0) is 10.1. The first kappa shape index (κ1) is 12.7. The van der Waals surface area contributed by atoms with Crippen molar-refractivity contribution < 1.29 is 0 Å². The lowest BCUT2D eigenvalue weighted by atomic mass is 10.0. The van der Waals surface area contributed by atoms with Crippen molar-refractivity contribution in [3.63, 3.8) is 0 Å². The lowest BCUT2D eigenvalue weighted by molar-refractivity contribution is 0.515. The second-order valence-corrected chi connectivity index (χ2v) is 4.66.